The molecule has 174 valence electrons. The molecule has 2 heterocycles. The number of nitrogens with zero attached hydrogens (tertiary/aromatic N) is 4. The molecule has 0 N–H and O–H groups in total. The summed E-state index contributed by atoms with van der Waals surface area (Å²) < 4.78 is 5.54. The Hall–Kier alpha value is -3.15. The summed E-state index contributed by atoms with van der Waals surface area (Å²) in [6, 6.07) is 16.6. The smallest absolute Gasteiger partial charge is 0.246 e. The van der Waals surface area contributed by atoms with Gasteiger partial charge >= 0.3 is 0 Å². The summed E-state index contributed by atoms with van der Waals surface area (Å²) in [7, 11) is 0. The molecule has 0 saturated carbocycles. The Kier molecular flexibility index (Phi) is 7.11. The highest BCUT2D eigenvalue weighted by Gasteiger charge is 2.30. The minimum absolute atomic E-state index is 0.0297. The van der Waals surface area contributed by atoms with Gasteiger partial charge in [-0.25, -0.2) is 0 Å². The quantitative estimate of drug-likeness (QED) is 0.496. The highest BCUT2D eigenvalue weighted by molar-refractivity contribution is 5.79. The van der Waals surface area contributed by atoms with Crippen molar-refractivity contribution in [1.82, 2.24) is 15.0 Å². The van der Waals surface area contributed by atoms with Crippen LogP contribution in [0.5, 0.6) is 0 Å². The summed E-state index contributed by atoms with van der Waals surface area (Å²) >= 11 is 0. The topological polar surface area (TPSA) is 62.5 Å². The number of hydrogen-bond donors (Lipinski definition) is 0. The fourth-order valence-electron chi connectivity index (χ4n) is 4.48. The van der Waals surface area contributed by atoms with E-state index in [0.29, 0.717) is 30.7 Å². The van der Waals surface area contributed by atoms with Crippen LogP contribution in [0.1, 0.15) is 43.7 Å². The van der Waals surface area contributed by atoms with Gasteiger partial charge in [-0.2, -0.15) is 4.98 Å². The van der Waals surface area contributed by atoms with Crippen LogP contribution < -0.4 is 4.90 Å². The van der Waals surface area contributed by atoms with Crippen LogP contribution in [0, 0.1) is 25.7 Å². The standard InChI is InChI=1S/C27H34N4O2/c1-19(2)16-31(18-25-28-26(29-33-25)22-8-5-7-21(4)15-22)27(32)23-9-6-14-30(17-23)24-12-10-20(3)11-13-24/h5,7-8,10-13,15,19,23H,6,9,14,16-18H2,1-4H3/t23-/m1/s1. The van der Waals surface area contributed by atoms with Crippen molar-refractivity contribution in [2.45, 2.75) is 47.1 Å². The molecule has 1 fully saturated rings. The van der Waals surface area contributed by atoms with Crippen molar-refractivity contribution in [1.29, 1.82) is 0 Å². The molecule has 1 aliphatic heterocycles. The van der Waals surface area contributed by atoms with E-state index >= 15 is 0 Å². The van der Waals surface area contributed by atoms with E-state index in [-0.39, 0.29) is 11.8 Å². The molecule has 1 atom stereocenters. The molecule has 4 rings (SSSR count). The predicted octanol–water partition coefficient (Wildman–Crippen LogP) is 5.25. The van der Waals surface area contributed by atoms with Gasteiger partial charge in [0.25, 0.3) is 0 Å². The lowest BCUT2D eigenvalue weighted by molar-refractivity contribution is -0.137. The first kappa shape index (κ1) is 23.0. The molecule has 1 amide bonds. The molecule has 6 nitrogen and oxygen atoms in total. The van der Waals surface area contributed by atoms with Gasteiger partial charge in [0.1, 0.15) is 6.54 Å². The van der Waals surface area contributed by atoms with E-state index in [4.69, 9.17) is 4.52 Å². The fourth-order valence-corrected chi connectivity index (χ4v) is 4.48. The number of anilines is 1. The van der Waals surface area contributed by atoms with Crippen LogP contribution in [0.25, 0.3) is 11.4 Å². The lowest BCUT2D eigenvalue weighted by Crippen LogP contribution is -2.45. The van der Waals surface area contributed by atoms with Crippen molar-refractivity contribution in [2.75, 3.05) is 24.5 Å². The van der Waals surface area contributed by atoms with Crippen molar-refractivity contribution in [2.24, 2.45) is 11.8 Å². The summed E-state index contributed by atoms with van der Waals surface area (Å²) in [5.74, 6) is 1.54. The molecular weight excluding hydrogens is 412 g/mol. The number of carbonyl (C=O) groups excluding carboxylic acids is 1. The number of benzene rings is 2. The van der Waals surface area contributed by atoms with Gasteiger partial charge in [-0.05, 0) is 50.8 Å². The van der Waals surface area contributed by atoms with Crippen molar-refractivity contribution in [3.8, 4) is 11.4 Å². The SMILES string of the molecule is Cc1ccc(N2CCC[C@@H](C(=O)N(Cc3nc(-c4cccc(C)c4)no3)CC(C)C)C2)cc1. The highest BCUT2D eigenvalue weighted by Crippen LogP contribution is 2.26. The second kappa shape index (κ2) is 10.2. The lowest BCUT2D eigenvalue weighted by Gasteiger charge is -2.36. The number of carbonyl (C=O) groups is 1. The van der Waals surface area contributed by atoms with Gasteiger partial charge < -0.3 is 14.3 Å². The van der Waals surface area contributed by atoms with E-state index in [1.54, 1.807) is 0 Å². The fraction of sp³-hybridized carbons (Fsp3) is 0.444. The third-order valence-corrected chi connectivity index (χ3v) is 6.14. The Morgan fingerprint density at radius 2 is 1.94 bits per heavy atom. The van der Waals surface area contributed by atoms with E-state index < -0.39 is 0 Å². The largest absolute Gasteiger partial charge is 0.371 e. The van der Waals surface area contributed by atoms with Crippen LogP contribution in [-0.2, 0) is 11.3 Å². The molecule has 33 heavy (non-hydrogen) atoms. The van der Waals surface area contributed by atoms with Gasteiger partial charge in [-0.3, -0.25) is 4.79 Å². The molecule has 6 heteroatoms. The molecule has 0 radical (unpaired) electrons. The Morgan fingerprint density at radius 3 is 2.67 bits per heavy atom. The maximum absolute atomic E-state index is 13.6. The molecular formula is C27H34N4O2. The minimum atomic E-state index is -0.0297. The zero-order valence-electron chi connectivity index (χ0n) is 20.1. The van der Waals surface area contributed by atoms with Crippen molar-refractivity contribution < 1.29 is 9.32 Å². The number of hydrogen-bond acceptors (Lipinski definition) is 5. The van der Waals surface area contributed by atoms with Crippen molar-refractivity contribution >= 4 is 11.6 Å². The van der Waals surface area contributed by atoms with E-state index in [1.165, 1.54) is 11.3 Å². The monoisotopic (exact) mass is 446 g/mol. The molecule has 1 saturated heterocycles. The van der Waals surface area contributed by atoms with Gasteiger partial charge in [-0.1, -0.05) is 60.5 Å². The zero-order valence-corrected chi connectivity index (χ0v) is 20.1. The molecule has 1 aliphatic rings. The zero-order chi connectivity index (χ0) is 23.4. The number of aryl methyl sites for hydroxylation is 2. The average molecular weight is 447 g/mol. The molecule has 0 spiro atoms. The van der Waals surface area contributed by atoms with Crippen LogP contribution in [-0.4, -0.2) is 40.6 Å². The molecule has 0 unspecified atom stereocenters. The van der Waals surface area contributed by atoms with E-state index in [1.807, 2.05) is 36.1 Å². The number of aromatic nitrogens is 2. The highest BCUT2D eigenvalue weighted by atomic mass is 16.5. The maximum atomic E-state index is 13.6. The second-order valence-electron chi connectivity index (χ2n) is 9.61. The average Bonchev–Trinajstić information content (AvgIpc) is 3.27. The van der Waals surface area contributed by atoms with Gasteiger partial charge in [0.05, 0.1) is 5.92 Å². The first-order chi connectivity index (χ1) is 15.9. The molecule has 1 aromatic heterocycles. The van der Waals surface area contributed by atoms with Crippen molar-refractivity contribution in [3.05, 3.63) is 65.5 Å². The first-order valence-electron chi connectivity index (χ1n) is 11.9. The third-order valence-electron chi connectivity index (χ3n) is 6.14. The Balaban J connectivity index is 1.47. The van der Waals surface area contributed by atoms with Crippen LogP contribution in [0.4, 0.5) is 5.69 Å². The van der Waals surface area contributed by atoms with E-state index in [2.05, 4.69) is 60.1 Å². The minimum Gasteiger partial charge on any atom is -0.371 e. The van der Waals surface area contributed by atoms with E-state index in [9.17, 15) is 4.79 Å². The molecule has 3 aromatic rings. The summed E-state index contributed by atoms with van der Waals surface area (Å²) in [5, 5.41) is 4.16. The summed E-state index contributed by atoms with van der Waals surface area (Å²) in [6.07, 6.45) is 1.92. The van der Waals surface area contributed by atoms with E-state index in [0.717, 1.165) is 37.1 Å². The van der Waals surface area contributed by atoms with Crippen molar-refractivity contribution in [3.63, 3.8) is 0 Å². The number of piperidine rings is 1. The lowest BCUT2D eigenvalue weighted by atomic mass is 9.95. The summed E-state index contributed by atoms with van der Waals surface area (Å²) in [4.78, 5) is 22.4. The van der Waals surface area contributed by atoms with Crippen LogP contribution in [0.3, 0.4) is 0 Å². The normalized spacial score (nSPS) is 16.3. The van der Waals surface area contributed by atoms with Crippen LogP contribution in [0.2, 0.25) is 0 Å². The molecule has 0 aliphatic carbocycles. The predicted molar refractivity (Wildman–Crippen MR) is 131 cm³/mol. The summed E-state index contributed by atoms with van der Waals surface area (Å²) in [5.41, 5.74) is 4.50. The van der Waals surface area contributed by atoms with Gasteiger partial charge in [-0.15, -0.1) is 0 Å². The van der Waals surface area contributed by atoms with Gasteiger partial charge in [0.15, 0.2) is 0 Å². The van der Waals surface area contributed by atoms with Crippen LogP contribution in [0.15, 0.2) is 53.1 Å². The maximum Gasteiger partial charge on any atom is 0.246 e. The molecule has 2 aromatic carbocycles. The third kappa shape index (κ3) is 5.81. The second-order valence-corrected chi connectivity index (χ2v) is 9.61. The Morgan fingerprint density at radius 1 is 1.15 bits per heavy atom. The number of amides is 1. The molecule has 0 bridgehead atoms. The van der Waals surface area contributed by atoms with Gasteiger partial charge in [0.2, 0.25) is 17.6 Å². The number of rotatable bonds is 7. The Bertz CT molecular complexity index is 1070. The summed E-state index contributed by atoms with van der Waals surface area (Å²) in [6.45, 7) is 11.1. The van der Waals surface area contributed by atoms with Gasteiger partial charge in [0, 0.05) is 30.9 Å². The Labute approximate surface area is 196 Å². The van der Waals surface area contributed by atoms with Crippen LogP contribution >= 0.6 is 0 Å². The first-order valence-corrected chi connectivity index (χ1v) is 11.9.